The van der Waals surface area contributed by atoms with Crippen LogP contribution in [0.15, 0.2) is 23.0 Å². The molecule has 4 heteroatoms. The third-order valence-corrected chi connectivity index (χ3v) is 4.89. The number of aryl methyl sites for hydroxylation is 1. The van der Waals surface area contributed by atoms with Crippen LogP contribution >= 0.6 is 0 Å². The van der Waals surface area contributed by atoms with E-state index in [4.69, 9.17) is 0 Å². The Labute approximate surface area is 124 Å². The normalized spacial score (nSPS) is 22.4. The molecule has 1 aromatic heterocycles. The number of nitrogens with one attached hydrogen (secondary N) is 1. The quantitative estimate of drug-likeness (QED) is 0.937. The summed E-state index contributed by atoms with van der Waals surface area (Å²) in [6, 6.07) is 7.08. The van der Waals surface area contributed by atoms with Crippen molar-refractivity contribution in [3.8, 4) is 0 Å². The summed E-state index contributed by atoms with van der Waals surface area (Å²) in [7, 11) is 0. The number of fused-ring (bicyclic) bond motifs is 1. The Hall–Kier alpha value is -1.68. The van der Waals surface area contributed by atoms with Gasteiger partial charge in [-0.2, -0.15) is 0 Å². The molecule has 2 aromatic rings. The highest BCUT2D eigenvalue weighted by Gasteiger charge is 2.40. The summed E-state index contributed by atoms with van der Waals surface area (Å²) in [5.74, 6) is 0.952. The Balaban J connectivity index is 1.59. The molecule has 0 amide bonds. The zero-order valence-electron chi connectivity index (χ0n) is 12.4. The van der Waals surface area contributed by atoms with E-state index in [1.54, 1.807) is 0 Å². The van der Waals surface area contributed by atoms with Crippen LogP contribution in [0.4, 0.5) is 0 Å². The van der Waals surface area contributed by atoms with E-state index in [9.17, 15) is 4.79 Å². The van der Waals surface area contributed by atoms with Gasteiger partial charge in [-0.25, -0.2) is 4.98 Å². The molecule has 4 nitrogen and oxygen atoms in total. The van der Waals surface area contributed by atoms with Crippen LogP contribution in [-0.2, 0) is 13.0 Å². The van der Waals surface area contributed by atoms with Crippen LogP contribution in [0.1, 0.15) is 37.4 Å². The molecule has 0 radical (unpaired) electrons. The molecule has 1 atom stereocenters. The summed E-state index contributed by atoms with van der Waals surface area (Å²) >= 11 is 0. The minimum atomic E-state index is -0.0537. The number of aromatic amines is 1. The van der Waals surface area contributed by atoms with Crippen molar-refractivity contribution in [3.05, 3.63) is 39.8 Å². The fraction of sp³-hybridized carbons (Fsp3) is 0.529. The molecule has 1 N–H and O–H groups in total. The molecule has 1 aromatic carbocycles. The summed E-state index contributed by atoms with van der Waals surface area (Å²) in [4.78, 5) is 21.9. The first-order valence-corrected chi connectivity index (χ1v) is 8.00. The maximum Gasteiger partial charge on any atom is 0.270 e. The summed E-state index contributed by atoms with van der Waals surface area (Å²) in [5, 5.41) is 0. The van der Waals surface area contributed by atoms with E-state index in [1.807, 2.05) is 13.0 Å². The lowest BCUT2D eigenvalue weighted by Gasteiger charge is -2.41. The second-order valence-electron chi connectivity index (χ2n) is 6.38. The van der Waals surface area contributed by atoms with Crippen LogP contribution in [-0.4, -0.2) is 27.5 Å². The van der Waals surface area contributed by atoms with E-state index in [0.29, 0.717) is 12.1 Å². The Bertz CT molecular complexity index is 732. The number of nitrogens with zero attached hydrogens (tertiary/aromatic N) is 2. The van der Waals surface area contributed by atoms with Gasteiger partial charge in [-0.1, -0.05) is 13.0 Å². The van der Waals surface area contributed by atoms with Gasteiger partial charge in [0.05, 0.1) is 11.0 Å². The predicted molar refractivity (Wildman–Crippen MR) is 83.3 cm³/mol. The number of likely N-dealkylation sites (tertiary alicyclic amines) is 1. The van der Waals surface area contributed by atoms with E-state index < -0.39 is 0 Å². The van der Waals surface area contributed by atoms with Crippen LogP contribution in [0.3, 0.4) is 0 Å². The van der Waals surface area contributed by atoms with Crippen LogP contribution in [0.2, 0.25) is 0 Å². The highest BCUT2D eigenvalue weighted by Crippen LogP contribution is 2.41. The maximum absolute atomic E-state index is 11.9. The number of benzene rings is 1. The van der Waals surface area contributed by atoms with Gasteiger partial charge in [0.1, 0.15) is 5.69 Å². The Morgan fingerprint density at radius 2 is 2.19 bits per heavy atom. The van der Waals surface area contributed by atoms with E-state index in [1.165, 1.54) is 31.4 Å². The van der Waals surface area contributed by atoms with Crippen molar-refractivity contribution in [2.75, 3.05) is 6.54 Å². The molecule has 1 aliphatic heterocycles. The first-order chi connectivity index (χ1) is 10.2. The number of rotatable bonds is 4. The molecular weight excluding hydrogens is 262 g/mol. The molecule has 1 aliphatic carbocycles. The van der Waals surface area contributed by atoms with Crippen LogP contribution in [0.25, 0.3) is 11.0 Å². The topological polar surface area (TPSA) is 49.0 Å². The molecule has 1 saturated heterocycles. The highest BCUT2D eigenvalue weighted by molar-refractivity contribution is 5.74. The largest absolute Gasteiger partial charge is 0.319 e. The molecule has 110 valence electrons. The summed E-state index contributed by atoms with van der Waals surface area (Å²) in [6.45, 7) is 4.16. The fourth-order valence-electron chi connectivity index (χ4n) is 3.42. The first kappa shape index (κ1) is 13.0. The van der Waals surface area contributed by atoms with E-state index in [0.717, 1.165) is 29.5 Å². The molecule has 21 heavy (non-hydrogen) atoms. The number of hydrogen-bond acceptors (Lipinski definition) is 3. The molecule has 0 bridgehead atoms. The summed E-state index contributed by atoms with van der Waals surface area (Å²) < 4.78 is 0. The Morgan fingerprint density at radius 3 is 2.86 bits per heavy atom. The van der Waals surface area contributed by atoms with E-state index >= 15 is 0 Å². The minimum Gasteiger partial charge on any atom is -0.319 e. The second kappa shape index (κ2) is 4.95. The zero-order valence-corrected chi connectivity index (χ0v) is 12.4. The van der Waals surface area contributed by atoms with E-state index in [2.05, 4.69) is 27.0 Å². The van der Waals surface area contributed by atoms with Crippen molar-refractivity contribution in [3.63, 3.8) is 0 Å². The lowest BCUT2D eigenvalue weighted by Crippen LogP contribution is -2.48. The van der Waals surface area contributed by atoms with Gasteiger partial charge in [-0.3, -0.25) is 9.69 Å². The van der Waals surface area contributed by atoms with Crippen molar-refractivity contribution in [1.82, 2.24) is 14.9 Å². The van der Waals surface area contributed by atoms with Crippen LogP contribution < -0.4 is 5.56 Å². The van der Waals surface area contributed by atoms with Gasteiger partial charge in [-0.15, -0.1) is 0 Å². The lowest BCUT2D eigenvalue weighted by atomic mass is 9.97. The molecular formula is C17H21N3O. The number of aromatic nitrogens is 2. The average molecular weight is 283 g/mol. The SMILES string of the molecule is CCc1nc2ccc(CN3CCC3C3CC3)cc2[nH]c1=O. The zero-order chi connectivity index (χ0) is 14.4. The van der Waals surface area contributed by atoms with Gasteiger partial charge in [0.15, 0.2) is 0 Å². The van der Waals surface area contributed by atoms with Gasteiger partial charge < -0.3 is 4.98 Å². The molecule has 4 rings (SSSR count). The Kier molecular flexibility index (Phi) is 3.07. The summed E-state index contributed by atoms with van der Waals surface area (Å²) in [6.07, 6.45) is 4.85. The van der Waals surface area contributed by atoms with Gasteiger partial charge >= 0.3 is 0 Å². The number of H-pyrrole nitrogens is 1. The fourth-order valence-corrected chi connectivity index (χ4v) is 3.42. The van der Waals surface area contributed by atoms with Crippen LogP contribution in [0.5, 0.6) is 0 Å². The minimum absolute atomic E-state index is 0.0537. The first-order valence-electron chi connectivity index (χ1n) is 8.00. The smallest absolute Gasteiger partial charge is 0.270 e. The van der Waals surface area contributed by atoms with Gasteiger partial charge in [-0.05, 0) is 49.3 Å². The van der Waals surface area contributed by atoms with Crippen molar-refractivity contribution in [1.29, 1.82) is 0 Å². The van der Waals surface area contributed by atoms with Gasteiger partial charge in [0.2, 0.25) is 0 Å². The van der Waals surface area contributed by atoms with Crippen LogP contribution in [0, 0.1) is 5.92 Å². The maximum atomic E-state index is 11.9. The standard InChI is InChI=1S/C17H21N3O/c1-2-13-17(21)19-15-9-11(3-6-14(15)18-13)10-20-8-7-16(20)12-4-5-12/h3,6,9,12,16H,2,4-5,7-8,10H2,1H3,(H,19,21). The average Bonchev–Trinajstić information content (AvgIpc) is 3.27. The van der Waals surface area contributed by atoms with Crippen molar-refractivity contribution in [2.24, 2.45) is 5.92 Å². The molecule has 0 spiro atoms. The van der Waals surface area contributed by atoms with Crippen molar-refractivity contribution < 1.29 is 0 Å². The second-order valence-corrected chi connectivity index (χ2v) is 6.38. The molecule has 2 heterocycles. The molecule has 2 aliphatic rings. The predicted octanol–water partition coefficient (Wildman–Crippen LogP) is 2.47. The Morgan fingerprint density at radius 1 is 1.33 bits per heavy atom. The van der Waals surface area contributed by atoms with Crippen molar-refractivity contribution in [2.45, 2.75) is 45.2 Å². The van der Waals surface area contributed by atoms with E-state index in [-0.39, 0.29) is 5.56 Å². The molecule has 1 unspecified atom stereocenters. The molecule has 1 saturated carbocycles. The number of hydrogen-bond donors (Lipinski definition) is 1. The molecule has 2 fully saturated rings. The lowest BCUT2D eigenvalue weighted by molar-refractivity contribution is 0.0656. The summed E-state index contributed by atoms with van der Waals surface area (Å²) in [5.41, 5.74) is 3.58. The monoisotopic (exact) mass is 283 g/mol. The van der Waals surface area contributed by atoms with Gasteiger partial charge in [0, 0.05) is 19.1 Å². The highest BCUT2D eigenvalue weighted by atomic mass is 16.1. The van der Waals surface area contributed by atoms with Crippen molar-refractivity contribution >= 4 is 11.0 Å². The van der Waals surface area contributed by atoms with Gasteiger partial charge in [0.25, 0.3) is 5.56 Å². The third kappa shape index (κ3) is 2.38. The third-order valence-electron chi connectivity index (χ3n) is 4.89.